The van der Waals surface area contributed by atoms with Crippen LogP contribution in [0.3, 0.4) is 0 Å². The molecule has 2 aliphatic rings. The second kappa shape index (κ2) is 8.87. The minimum absolute atomic E-state index is 0.0908. The minimum Gasteiger partial charge on any atom is -0.352 e. The number of nitrogens with one attached hydrogen (secondary N) is 1. The van der Waals surface area contributed by atoms with Gasteiger partial charge in [-0.05, 0) is 43.4 Å². The first-order valence-corrected chi connectivity index (χ1v) is 10.4. The van der Waals surface area contributed by atoms with E-state index in [4.69, 9.17) is 0 Å². The molecule has 1 saturated carbocycles. The third-order valence-corrected chi connectivity index (χ3v) is 6.05. The Morgan fingerprint density at radius 3 is 2.11 bits per heavy atom. The lowest BCUT2D eigenvalue weighted by atomic mass is 10.0. The molecule has 1 heterocycles. The van der Waals surface area contributed by atoms with Gasteiger partial charge in [0.2, 0.25) is 5.91 Å². The van der Waals surface area contributed by atoms with Crippen molar-refractivity contribution in [3.8, 4) is 0 Å². The quantitative estimate of drug-likeness (QED) is 0.866. The molecule has 1 unspecified atom stereocenters. The largest absolute Gasteiger partial charge is 0.352 e. The number of hydrogen-bond donors (Lipinski definition) is 1. The van der Waals surface area contributed by atoms with Crippen molar-refractivity contribution in [2.24, 2.45) is 0 Å². The monoisotopic (exact) mass is 371 g/mol. The average Bonchev–Trinajstić information content (AvgIpc) is 3.20. The standard InChI is InChI=1S/C22H33N3O2/c1-16(2)18-8-10-19(11-9-18)22(27)25-14-12-24(13-15-25)17(3)21(26)23-20-6-4-5-7-20/h8-11,16-17,20H,4-7,12-15H2,1-3H3,(H,23,26). The molecule has 0 radical (unpaired) electrons. The Labute approximate surface area is 163 Å². The maximum Gasteiger partial charge on any atom is 0.253 e. The summed E-state index contributed by atoms with van der Waals surface area (Å²) in [5.41, 5.74) is 2.00. The Morgan fingerprint density at radius 1 is 0.963 bits per heavy atom. The fourth-order valence-corrected chi connectivity index (χ4v) is 4.06. The zero-order chi connectivity index (χ0) is 19.4. The van der Waals surface area contributed by atoms with E-state index in [9.17, 15) is 9.59 Å². The third kappa shape index (κ3) is 4.89. The molecule has 1 aromatic rings. The number of rotatable bonds is 5. The fraction of sp³-hybridized carbons (Fsp3) is 0.636. The van der Waals surface area contributed by atoms with Gasteiger partial charge in [-0.15, -0.1) is 0 Å². The zero-order valence-electron chi connectivity index (χ0n) is 16.9. The van der Waals surface area contributed by atoms with Crippen LogP contribution in [0.1, 0.15) is 68.3 Å². The van der Waals surface area contributed by atoms with E-state index >= 15 is 0 Å². The number of amides is 2. The molecule has 1 aliphatic heterocycles. The number of piperazine rings is 1. The van der Waals surface area contributed by atoms with Crippen molar-refractivity contribution in [2.75, 3.05) is 26.2 Å². The van der Waals surface area contributed by atoms with Crippen molar-refractivity contribution in [1.82, 2.24) is 15.1 Å². The maximum absolute atomic E-state index is 12.7. The molecular weight excluding hydrogens is 338 g/mol. The van der Waals surface area contributed by atoms with E-state index in [2.05, 4.69) is 24.1 Å². The van der Waals surface area contributed by atoms with Crippen LogP contribution < -0.4 is 5.32 Å². The molecule has 3 rings (SSSR count). The summed E-state index contributed by atoms with van der Waals surface area (Å²) in [6.45, 7) is 9.12. The Morgan fingerprint density at radius 2 is 1.56 bits per heavy atom. The van der Waals surface area contributed by atoms with Crippen molar-refractivity contribution < 1.29 is 9.59 Å². The van der Waals surface area contributed by atoms with Gasteiger partial charge >= 0.3 is 0 Å². The van der Waals surface area contributed by atoms with Gasteiger partial charge in [0.25, 0.3) is 5.91 Å². The highest BCUT2D eigenvalue weighted by atomic mass is 16.2. The smallest absolute Gasteiger partial charge is 0.253 e. The average molecular weight is 372 g/mol. The number of hydrogen-bond acceptors (Lipinski definition) is 3. The van der Waals surface area contributed by atoms with Gasteiger partial charge in [0.15, 0.2) is 0 Å². The Bertz CT molecular complexity index is 642. The minimum atomic E-state index is -0.131. The predicted molar refractivity (Wildman–Crippen MR) is 108 cm³/mol. The van der Waals surface area contributed by atoms with E-state index in [1.54, 1.807) is 0 Å². The summed E-state index contributed by atoms with van der Waals surface area (Å²) in [7, 11) is 0. The van der Waals surface area contributed by atoms with Crippen LogP contribution in [0.25, 0.3) is 0 Å². The first-order chi connectivity index (χ1) is 13.0. The van der Waals surface area contributed by atoms with Gasteiger partial charge in [0.1, 0.15) is 0 Å². The summed E-state index contributed by atoms with van der Waals surface area (Å²) < 4.78 is 0. The van der Waals surface area contributed by atoms with Gasteiger partial charge < -0.3 is 10.2 Å². The van der Waals surface area contributed by atoms with Gasteiger partial charge in [0.05, 0.1) is 6.04 Å². The van der Waals surface area contributed by atoms with Crippen LogP contribution >= 0.6 is 0 Å². The van der Waals surface area contributed by atoms with Crippen LogP contribution in [0.2, 0.25) is 0 Å². The summed E-state index contributed by atoms with van der Waals surface area (Å²) in [6.07, 6.45) is 4.66. The molecule has 0 aromatic heterocycles. The lowest BCUT2D eigenvalue weighted by Crippen LogP contribution is -2.55. The molecule has 1 saturated heterocycles. The first kappa shape index (κ1) is 19.9. The number of benzene rings is 1. The normalized spacial score (nSPS) is 20.1. The number of carbonyl (C=O) groups excluding carboxylic acids is 2. The van der Waals surface area contributed by atoms with E-state index in [1.807, 2.05) is 36.1 Å². The molecular formula is C22H33N3O2. The molecule has 5 heteroatoms. The zero-order valence-corrected chi connectivity index (χ0v) is 16.9. The van der Waals surface area contributed by atoms with Crippen molar-refractivity contribution in [3.05, 3.63) is 35.4 Å². The molecule has 1 aliphatic carbocycles. The van der Waals surface area contributed by atoms with Crippen LogP contribution in [0.5, 0.6) is 0 Å². The van der Waals surface area contributed by atoms with E-state index in [0.717, 1.165) is 31.5 Å². The Balaban J connectivity index is 1.50. The lowest BCUT2D eigenvalue weighted by Gasteiger charge is -2.37. The van der Waals surface area contributed by atoms with Crippen LogP contribution in [0.15, 0.2) is 24.3 Å². The highest BCUT2D eigenvalue weighted by Gasteiger charge is 2.29. The van der Waals surface area contributed by atoms with Gasteiger partial charge in [0, 0.05) is 37.8 Å². The second-order valence-corrected chi connectivity index (χ2v) is 8.27. The van der Waals surface area contributed by atoms with Crippen LogP contribution in [0, 0.1) is 0 Å². The molecule has 1 N–H and O–H groups in total. The Kier molecular flexibility index (Phi) is 6.53. The summed E-state index contributed by atoms with van der Waals surface area (Å²) in [5.74, 6) is 0.688. The summed E-state index contributed by atoms with van der Waals surface area (Å²) in [6, 6.07) is 8.18. The van der Waals surface area contributed by atoms with Crippen molar-refractivity contribution >= 4 is 11.8 Å². The highest BCUT2D eigenvalue weighted by Crippen LogP contribution is 2.19. The third-order valence-electron chi connectivity index (χ3n) is 6.05. The predicted octanol–water partition coefficient (Wildman–Crippen LogP) is 3.02. The van der Waals surface area contributed by atoms with Gasteiger partial charge in [-0.3, -0.25) is 14.5 Å². The number of carbonyl (C=O) groups is 2. The van der Waals surface area contributed by atoms with Crippen LogP contribution in [0.4, 0.5) is 0 Å². The molecule has 0 spiro atoms. The molecule has 1 aromatic carbocycles. The van der Waals surface area contributed by atoms with Crippen LogP contribution in [-0.4, -0.2) is 59.9 Å². The van der Waals surface area contributed by atoms with E-state index in [0.29, 0.717) is 25.0 Å². The van der Waals surface area contributed by atoms with Gasteiger partial charge in [-0.1, -0.05) is 38.8 Å². The van der Waals surface area contributed by atoms with Crippen molar-refractivity contribution in [3.63, 3.8) is 0 Å². The molecule has 2 fully saturated rings. The summed E-state index contributed by atoms with van der Waals surface area (Å²) >= 11 is 0. The topological polar surface area (TPSA) is 52.7 Å². The van der Waals surface area contributed by atoms with E-state index < -0.39 is 0 Å². The molecule has 148 valence electrons. The molecule has 1 atom stereocenters. The molecule has 0 bridgehead atoms. The van der Waals surface area contributed by atoms with Gasteiger partial charge in [-0.25, -0.2) is 0 Å². The van der Waals surface area contributed by atoms with E-state index in [-0.39, 0.29) is 17.9 Å². The maximum atomic E-state index is 12.7. The molecule has 2 amide bonds. The summed E-state index contributed by atoms with van der Waals surface area (Å²) in [5, 5.41) is 3.19. The lowest BCUT2D eigenvalue weighted by molar-refractivity contribution is -0.127. The van der Waals surface area contributed by atoms with Crippen molar-refractivity contribution in [1.29, 1.82) is 0 Å². The van der Waals surface area contributed by atoms with Crippen LogP contribution in [-0.2, 0) is 4.79 Å². The van der Waals surface area contributed by atoms with Gasteiger partial charge in [-0.2, -0.15) is 0 Å². The van der Waals surface area contributed by atoms with E-state index in [1.165, 1.54) is 18.4 Å². The molecule has 27 heavy (non-hydrogen) atoms. The SMILES string of the molecule is CC(C)c1ccc(C(=O)N2CCN(C(C)C(=O)NC3CCCC3)CC2)cc1. The van der Waals surface area contributed by atoms with Crippen molar-refractivity contribution in [2.45, 2.75) is 64.5 Å². The first-order valence-electron chi connectivity index (χ1n) is 10.4. The highest BCUT2D eigenvalue weighted by molar-refractivity contribution is 5.94. The number of nitrogens with zero attached hydrogens (tertiary/aromatic N) is 2. The fourth-order valence-electron chi connectivity index (χ4n) is 4.06. The second-order valence-electron chi connectivity index (χ2n) is 8.27. The summed E-state index contributed by atoms with van der Waals surface area (Å²) in [4.78, 5) is 29.3. The Hall–Kier alpha value is -1.88. The molecule has 5 nitrogen and oxygen atoms in total.